The van der Waals surface area contributed by atoms with Crippen LogP contribution in [0.3, 0.4) is 0 Å². The minimum absolute atomic E-state index is 0.0255. The molecule has 1 N–H and O–H groups in total. The fourth-order valence-electron chi connectivity index (χ4n) is 3.07. The average Bonchev–Trinajstić information content (AvgIpc) is 2.54. The number of rotatable bonds is 16. The number of nitrogens with one attached hydrogen (secondary N) is 1. The van der Waals surface area contributed by atoms with Crippen LogP contribution in [0.1, 0.15) is 84.5 Å². The van der Waals surface area contributed by atoms with Crippen molar-refractivity contribution in [3.8, 4) is 0 Å². The van der Waals surface area contributed by atoms with Gasteiger partial charge in [-0.15, -0.1) is 0 Å². The molecule has 24 heavy (non-hydrogen) atoms. The minimum atomic E-state index is 0.0255. The second-order valence-electron chi connectivity index (χ2n) is 7.71. The Morgan fingerprint density at radius 3 is 1.88 bits per heavy atom. The zero-order valence-electron chi connectivity index (χ0n) is 16.9. The Balaban J connectivity index is 3.45. The molecule has 0 aliphatic rings. The number of nitrogens with zero attached hydrogens (tertiary/aromatic N) is 1. The summed E-state index contributed by atoms with van der Waals surface area (Å²) in [6.45, 7) is 7.31. The van der Waals surface area contributed by atoms with Crippen molar-refractivity contribution in [1.82, 2.24) is 5.32 Å². The summed E-state index contributed by atoms with van der Waals surface area (Å²) in [6.07, 6.45) is 18.4. The molecule has 0 spiro atoms. The normalized spacial score (nSPS) is 12.0. The summed E-state index contributed by atoms with van der Waals surface area (Å²) in [5.74, 6) is 0.0255. The number of hydrogen-bond acceptors (Lipinski definition) is 1. The second kappa shape index (κ2) is 15.7. The van der Waals surface area contributed by atoms with Gasteiger partial charge in [-0.05, 0) is 25.8 Å². The summed E-state index contributed by atoms with van der Waals surface area (Å²) in [7, 11) is 4.61. The van der Waals surface area contributed by atoms with Gasteiger partial charge in [-0.1, -0.05) is 64.4 Å². The Kier molecular flexibility index (Phi) is 15.1. The molecule has 0 aliphatic carbocycles. The molecule has 0 saturated carbocycles. The highest BCUT2D eigenvalue weighted by molar-refractivity contribution is 5.87. The van der Waals surface area contributed by atoms with Crippen LogP contribution < -0.4 is 5.32 Å². The Morgan fingerprint density at radius 1 is 0.833 bits per heavy atom. The van der Waals surface area contributed by atoms with Gasteiger partial charge in [-0.25, -0.2) is 0 Å². The van der Waals surface area contributed by atoms with E-state index < -0.39 is 0 Å². The molecule has 0 atom stereocenters. The van der Waals surface area contributed by atoms with Gasteiger partial charge in [0.15, 0.2) is 0 Å². The summed E-state index contributed by atoms with van der Waals surface area (Å²) < 4.78 is 1.07. The van der Waals surface area contributed by atoms with Crippen LogP contribution in [0, 0.1) is 0 Å². The zero-order valence-corrected chi connectivity index (χ0v) is 16.9. The first-order valence-corrected chi connectivity index (χ1v) is 10.2. The Bertz CT molecular complexity index is 324. The van der Waals surface area contributed by atoms with E-state index in [2.05, 4.69) is 26.3 Å². The van der Waals surface area contributed by atoms with Crippen molar-refractivity contribution in [3.63, 3.8) is 0 Å². The Labute approximate surface area is 151 Å². The van der Waals surface area contributed by atoms with E-state index in [0.717, 1.165) is 24.0 Å². The molecule has 3 heteroatoms. The molecule has 0 radical (unpaired) electrons. The highest BCUT2D eigenvalue weighted by Gasteiger charge is 2.13. The fourth-order valence-corrected chi connectivity index (χ4v) is 3.07. The first kappa shape index (κ1) is 23.2. The van der Waals surface area contributed by atoms with Gasteiger partial charge in [0, 0.05) is 13.0 Å². The van der Waals surface area contributed by atoms with Crippen molar-refractivity contribution < 1.29 is 9.28 Å². The van der Waals surface area contributed by atoms with Gasteiger partial charge < -0.3 is 9.80 Å². The molecule has 0 aliphatic heterocycles. The lowest BCUT2D eigenvalue weighted by molar-refractivity contribution is -0.890. The summed E-state index contributed by atoms with van der Waals surface area (Å²) in [5.41, 5.74) is 0. The smallest absolute Gasteiger partial charge is 0.243 e. The van der Waals surface area contributed by atoms with E-state index in [1.165, 1.54) is 70.8 Å². The number of carbonyl (C=O) groups excluding carboxylic acids is 1. The number of hydrogen-bond donors (Lipinski definition) is 1. The topological polar surface area (TPSA) is 29.1 Å². The lowest BCUT2D eigenvalue weighted by atomic mass is 10.1. The van der Waals surface area contributed by atoms with Gasteiger partial charge in [0.25, 0.3) is 0 Å². The maximum absolute atomic E-state index is 11.3. The van der Waals surface area contributed by atoms with E-state index in [-0.39, 0.29) is 5.91 Å². The number of unbranched alkanes of at least 4 members (excludes halogenated alkanes) is 9. The van der Waals surface area contributed by atoms with Crippen LogP contribution in [-0.2, 0) is 4.79 Å². The van der Waals surface area contributed by atoms with Crippen molar-refractivity contribution in [2.24, 2.45) is 0 Å². The lowest BCUT2D eigenvalue weighted by Crippen LogP contribution is -2.42. The van der Waals surface area contributed by atoms with Crippen molar-refractivity contribution in [2.45, 2.75) is 84.5 Å². The molecule has 0 saturated heterocycles. The maximum Gasteiger partial charge on any atom is 0.243 e. The van der Waals surface area contributed by atoms with E-state index in [9.17, 15) is 4.79 Å². The first-order valence-electron chi connectivity index (χ1n) is 10.2. The SMILES string of the molecule is CC=CC(=O)NCCC[N+](C)(C)CCCCCCCCCCCC. The molecule has 0 rings (SSSR count). The third-order valence-electron chi connectivity index (χ3n) is 4.67. The van der Waals surface area contributed by atoms with E-state index in [1.54, 1.807) is 12.2 Å². The molecule has 0 heterocycles. The number of amides is 1. The van der Waals surface area contributed by atoms with Crippen LogP contribution in [0.25, 0.3) is 0 Å². The largest absolute Gasteiger partial charge is 0.352 e. The molecule has 0 aromatic carbocycles. The van der Waals surface area contributed by atoms with Crippen molar-refractivity contribution in [3.05, 3.63) is 12.2 Å². The fraction of sp³-hybridized carbons (Fsp3) is 0.857. The minimum Gasteiger partial charge on any atom is -0.352 e. The summed E-state index contributed by atoms with van der Waals surface area (Å²) in [6, 6.07) is 0. The van der Waals surface area contributed by atoms with Crippen molar-refractivity contribution >= 4 is 5.91 Å². The highest BCUT2D eigenvalue weighted by atomic mass is 16.1. The Morgan fingerprint density at radius 2 is 1.33 bits per heavy atom. The molecule has 0 unspecified atom stereocenters. The molecule has 0 aromatic rings. The van der Waals surface area contributed by atoms with Gasteiger partial charge in [-0.3, -0.25) is 4.79 Å². The molecule has 3 nitrogen and oxygen atoms in total. The van der Waals surface area contributed by atoms with Gasteiger partial charge in [0.2, 0.25) is 5.91 Å². The van der Waals surface area contributed by atoms with Gasteiger partial charge in [0.05, 0.1) is 27.2 Å². The second-order valence-corrected chi connectivity index (χ2v) is 7.71. The van der Waals surface area contributed by atoms with Crippen LogP contribution in [-0.4, -0.2) is 44.1 Å². The highest BCUT2D eigenvalue weighted by Crippen LogP contribution is 2.11. The standard InChI is InChI=1S/C21H42N2O/c1-5-7-8-9-10-11-12-13-14-15-19-23(3,4)20-16-18-22-21(24)17-6-2/h6,17H,5,7-16,18-20H2,1-4H3/p+1. The van der Waals surface area contributed by atoms with Crippen molar-refractivity contribution in [1.29, 1.82) is 0 Å². The third-order valence-corrected chi connectivity index (χ3v) is 4.67. The van der Waals surface area contributed by atoms with E-state index >= 15 is 0 Å². The molecule has 0 aromatic heterocycles. The predicted molar refractivity (Wildman–Crippen MR) is 106 cm³/mol. The molecular formula is C21H43N2O+. The van der Waals surface area contributed by atoms with E-state index in [0.29, 0.717) is 0 Å². The van der Waals surface area contributed by atoms with Crippen LogP contribution in [0.2, 0.25) is 0 Å². The summed E-state index contributed by atoms with van der Waals surface area (Å²) in [5, 5.41) is 2.93. The average molecular weight is 340 g/mol. The zero-order chi connectivity index (χ0) is 18.1. The van der Waals surface area contributed by atoms with Crippen molar-refractivity contribution in [2.75, 3.05) is 33.7 Å². The maximum atomic E-state index is 11.3. The number of quaternary nitrogens is 1. The third kappa shape index (κ3) is 16.0. The van der Waals surface area contributed by atoms with E-state index in [4.69, 9.17) is 0 Å². The van der Waals surface area contributed by atoms with Crippen LogP contribution in [0.15, 0.2) is 12.2 Å². The molecular weight excluding hydrogens is 296 g/mol. The van der Waals surface area contributed by atoms with Crippen LogP contribution in [0.4, 0.5) is 0 Å². The van der Waals surface area contributed by atoms with Gasteiger partial charge >= 0.3 is 0 Å². The van der Waals surface area contributed by atoms with Gasteiger partial charge in [0.1, 0.15) is 0 Å². The monoisotopic (exact) mass is 339 g/mol. The molecule has 0 fully saturated rings. The molecule has 1 amide bonds. The first-order chi connectivity index (χ1) is 11.5. The molecule has 142 valence electrons. The number of carbonyl (C=O) groups is 1. The molecule has 0 bridgehead atoms. The summed E-state index contributed by atoms with van der Waals surface area (Å²) in [4.78, 5) is 11.3. The Hall–Kier alpha value is -0.830. The van der Waals surface area contributed by atoms with Crippen LogP contribution in [0.5, 0.6) is 0 Å². The number of allylic oxidation sites excluding steroid dienone is 1. The summed E-state index contributed by atoms with van der Waals surface area (Å²) >= 11 is 0. The lowest BCUT2D eigenvalue weighted by Gasteiger charge is -2.30. The van der Waals surface area contributed by atoms with Crippen LogP contribution >= 0.6 is 0 Å². The van der Waals surface area contributed by atoms with Gasteiger partial charge in [-0.2, -0.15) is 0 Å². The van der Waals surface area contributed by atoms with E-state index in [1.807, 2.05) is 6.92 Å². The quantitative estimate of drug-likeness (QED) is 0.237. The predicted octanol–water partition coefficient (Wildman–Crippen LogP) is 5.07.